The van der Waals surface area contributed by atoms with E-state index in [4.69, 9.17) is 4.74 Å². The maximum atomic E-state index is 12.0. The number of amides is 2. The molecule has 1 aromatic heterocycles. The second-order valence-corrected chi connectivity index (χ2v) is 6.34. The Kier molecular flexibility index (Phi) is 4.34. The first-order valence-electron chi connectivity index (χ1n) is 7.52. The summed E-state index contributed by atoms with van der Waals surface area (Å²) in [5.74, 6) is 0.808. The summed E-state index contributed by atoms with van der Waals surface area (Å²) >= 11 is 1.71. The molecule has 0 bridgehead atoms. The van der Waals surface area contributed by atoms with Crippen molar-refractivity contribution in [2.75, 3.05) is 18.5 Å². The molecule has 1 saturated carbocycles. The Morgan fingerprint density at radius 2 is 2.05 bits per heavy atom. The Balaban J connectivity index is 1.50. The molecule has 0 unspecified atom stereocenters. The molecule has 22 heavy (non-hydrogen) atoms. The fourth-order valence-corrected chi connectivity index (χ4v) is 3.29. The van der Waals surface area contributed by atoms with Crippen LogP contribution >= 0.6 is 11.3 Å². The molecule has 1 aromatic carbocycles. The predicted octanol–water partition coefficient (Wildman–Crippen LogP) is 4.00. The van der Waals surface area contributed by atoms with E-state index >= 15 is 0 Å². The number of hydrogen-bond acceptors (Lipinski definition) is 3. The van der Waals surface area contributed by atoms with Crippen LogP contribution in [0.2, 0.25) is 0 Å². The monoisotopic (exact) mass is 316 g/mol. The molecule has 0 aliphatic heterocycles. The third kappa shape index (κ3) is 3.42. The lowest BCUT2D eigenvalue weighted by molar-refractivity contribution is 0.251. The van der Waals surface area contributed by atoms with E-state index < -0.39 is 0 Å². The van der Waals surface area contributed by atoms with Gasteiger partial charge in [0.1, 0.15) is 5.75 Å². The normalized spacial score (nSPS) is 15.1. The van der Waals surface area contributed by atoms with Crippen molar-refractivity contribution in [1.29, 1.82) is 0 Å². The van der Waals surface area contributed by atoms with Gasteiger partial charge in [0, 0.05) is 17.6 Å². The highest BCUT2D eigenvalue weighted by Gasteiger charge is 2.44. The first kappa shape index (κ1) is 14.9. The number of ether oxygens (including phenoxy) is 1. The van der Waals surface area contributed by atoms with Crippen LogP contribution in [0.15, 0.2) is 41.1 Å². The van der Waals surface area contributed by atoms with E-state index in [0.29, 0.717) is 13.2 Å². The summed E-state index contributed by atoms with van der Waals surface area (Å²) in [6.07, 6.45) is 2.29. The maximum Gasteiger partial charge on any atom is 0.319 e. The standard InChI is InChI=1S/C17H20N2O2S/c1-2-21-15-5-3-14(4-6-15)19-16(20)18-12-17(8-9-17)13-7-10-22-11-13/h3-7,10-11H,2,8-9,12H2,1H3,(H2,18,19,20). The Bertz CT molecular complexity index is 619. The van der Waals surface area contributed by atoms with Gasteiger partial charge in [0.05, 0.1) is 6.61 Å². The van der Waals surface area contributed by atoms with E-state index in [9.17, 15) is 4.79 Å². The number of urea groups is 1. The fourth-order valence-electron chi connectivity index (χ4n) is 2.51. The molecule has 1 aliphatic carbocycles. The van der Waals surface area contributed by atoms with Crippen molar-refractivity contribution < 1.29 is 9.53 Å². The van der Waals surface area contributed by atoms with Gasteiger partial charge in [-0.15, -0.1) is 0 Å². The minimum Gasteiger partial charge on any atom is -0.494 e. The molecule has 0 saturated heterocycles. The number of carbonyl (C=O) groups excluding carboxylic acids is 1. The van der Waals surface area contributed by atoms with Crippen LogP contribution in [0.5, 0.6) is 5.75 Å². The van der Waals surface area contributed by atoms with Crippen molar-refractivity contribution in [3.8, 4) is 5.75 Å². The molecule has 0 atom stereocenters. The fraction of sp³-hybridized carbons (Fsp3) is 0.353. The molecule has 1 aliphatic rings. The highest BCUT2D eigenvalue weighted by Crippen LogP contribution is 2.48. The Labute approximate surface area is 134 Å². The van der Waals surface area contributed by atoms with Crippen molar-refractivity contribution in [2.45, 2.75) is 25.2 Å². The summed E-state index contributed by atoms with van der Waals surface area (Å²) in [5.41, 5.74) is 2.27. The van der Waals surface area contributed by atoms with Gasteiger partial charge < -0.3 is 15.4 Å². The lowest BCUT2D eigenvalue weighted by Gasteiger charge is -2.15. The van der Waals surface area contributed by atoms with Gasteiger partial charge in [-0.2, -0.15) is 11.3 Å². The van der Waals surface area contributed by atoms with Gasteiger partial charge in [-0.25, -0.2) is 4.79 Å². The summed E-state index contributed by atoms with van der Waals surface area (Å²) in [6.45, 7) is 3.27. The first-order chi connectivity index (χ1) is 10.7. The lowest BCUT2D eigenvalue weighted by Crippen LogP contribution is -2.35. The molecule has 116 valence electrons. The van der Waals surface area contributed by atoms with Crippen molar-refractivity contribution >= 4 is 23.1 Å². The highest BCUT2D eigenvalue weighted by molar-refractivity contribution is 7.08. The van der Waals surface area contributed by atoms with Gasteiger partial charge in [0.15, 0.2) is 0 Å². The highest BCUT2D eigenvalue weighted by atomic mass is 32.1. The van der Waals surface area contributed by atoms with Crippen LogP contribution in [0.1, 0.15) is 25.3 Å². The summed E-state index contributed by atoms with van der Waals surface area (Å²) in [7, 11) is 0. The summed E-state index contributed by atoms with van der Waals surface area (Å²) in [5, 5.41) is 10.1. The Morgan fingerprint density at radius 1 is 1.27 bits per heavy atom. The number of hydrogen-bond donors (Lipinski definition) is 2. The zero-order valence-corrected chi connectivity index (χ0v) is 13.4. The summed E-state index contributed by atoms with van der Waals surface area (Å²) in [6, 6.07) is 9.39. The number of nitrogens with one attached hydrogen (secondary N) is 2. The second-order valence-electron chi connectivity index (χ2n) is 5.56. The number of anilines is 1. The summed E-state index contributed by atoms with van der Waals surface area (Å²) < 4.78 is 5.38. The number of carbonyl (C=O) groups is 1. The van der Waals surface area contributed by atoms with Crippen molar-refractivity contribution in [3.05, 3.63) is 46.7 Å². The largest absolute Gasteiger partial charge is 0.494 e. The molecule has 3 rings (SSSR count). The summed E-state index contributed by atoms with van der Waals surface area (Å²) in [4.78, 5) is 12.0. The van der Waals surface area contributed by atoms with E-state index in [2.05, 4.69) is 27.5 Å². The van der Waals surface area contributed by atoms with E-state index in [1.54, 1.807) is 11.3 Å². The molecule has 4 nitrogen and oxygen atoms in total. The molecule has 2 N–H and O–H groups in total. The molecular weight excluding hydrogens is 296 g/mol. The van der Waals surface area contributed by atoms with Crippen LogP contribution in [0.3, 0.4) is 0 Å². The Morgan fingerprint density at radius 3 is 2.64 bits per heavy atom. The van der Waals surface area contributed by atoms with Crippen molar-refractivity contribution in [2.24, 2.45) is 0 Å². The average Bonchev–Trinajstić information content (AvgIpc) is 3.11. The van der Waals surface area contributed by atoms with Gasteiger partial charge in [-0.1, -0.05) is 0 Å². The Hall–Kier alpha value is -2.01. The molecule has 1 fully saturated rings. The minimum atomic E-state index is -0.161. The average molecular weight is 316 g/mol. The minimum absolute atomic E-state index is 0.161. The van der Waals surface area contributed by atoms with Gasteiger partial charge in [0.25, 0.3) is 0 Å². The van der Waals surface area contributed by atoms with Crippen LogP contribution in [0.4, 0.5) is 10.5 Å². The van der Waals surface area contributed by atoms with E-state index in [1.807, 2.05) is 31.2 Å². The van der Waals surface area contributed by atoms with E-state index in [-0.39, 0.29) is 11.4 Å². The zero-order chi connectivity index (χ0) is 15.4. The number of thiophene rings is 1. The van der Waals surface area contributed by atoms with Crippen molar-refractivity contribution in [3.63, 3.8) is 0 Å². The van der Waals surface area contributed by atoms with Crippen LogP contribution in [0.25, 0.3) is 0 Å². The predicted molar refractivity (Wildman–Crippen MR) is 89.9 cm³/mol. The quantitative estimate of drug-likeness (QED) is 0.846. The van der Waals surface area contributed by atoms with Crippen LogP contribution < -0.4 is 15.4 Å². The SMILES string of the molecule is CCOc1ccc(NC(=O)NCC2(c3ccsc3)CC2)cc1. The van der Waals surface area contributed by atoms with Gasteiger partial charge in [-0.3, -0.25) is 0 Å². The molecule has 0 spiro atoms. The third-order valence-electron chi connectivity index (χ3n) is 4.00. The number of benzene rings is 1. The molecular formula is C17H20N2O2S. The topological polar surface area (TPSA) is 50.4 Å². The molecule has 5 heteroatoms. The van der Waals surface area contributed by atoms with Crippen LogP contribution in [0, 0.1) is 0 Å². The maximum absolute atomic E-state index is 12.0. The van der Waals surface area contributed by atoms with Gasteiger partial charge >= 0.3 is 6.03 Å². The lowest BCUT2D eigenvalue weighted by atomic mass is 9.99. The van der Waals surface area contributed by atoms with Crippen LogP contribution in [-0.4, -0.2) is 19.2 Å². The molecule has 2 amide bonds. The number of rotatable bonds is 6. The first-order valence-corrected chi connectivity index (χ1v) is 8.46. The zero-order valence-electron chi connectivity index (χ0n) is 12.6. The van der Waals surface area contributed by atoms with Crippen molar-refractivity contribution in [1.82, 2.24) is 5.32 Å². The third-order valence-corrected chi connectivity index (χ3v) is 4.68. The van der Waals surface area contributed by atoms with E-state index in [0.717, 1.165) is 24.3 Å². The van der Waals surface area contributed by atoms with Gasteiger partial charge in [-0.05, 0) is 66.4 Å². The molecule has 2 aromatic rings. The smallest absolute Gasteiger partial charge is 0.319 e. The van der Waals surface area contributed by atoms with E-state index in [1.165, 1.54) is 5.56 Å². The van der Waals surface area contributed by atoms with Crippen LogP contribution in [-0.2, 0) is 5.41 Å². The molecule has 0 radical (unpaired) electrons. The second kappa shape index (κ2) is 6.40. The van der Waals surface area contributed by atoms with Gasteiger partial charge in [0.2, 0.25) is 0 Å². The molecule has 1 heterocycles.